The van der Waals surface area contributed by atoms with Gasteiger partial charge in [-0.1, -0.05) is 24.3 Å². The molecule has 1 saturated heterocycles. The van der Waals surface area contributed by atoms with Gasteiger partial charge in [-0.15, -0.1) is 24.0 Å². The van der Waals surface area contributed by atoms with E-state index >= 15 is 0 Å². The van der Waals surface area contributed by atoms with Gasteiger partial charge in [0, 0.05) is 0 Å². The molecule has 136 valence electrons. The summed E-state index contributed by atoms with van der Waals surface area (Å²) in [5.41, 5.74) is 3.30. The number of quaternary nitrogens is 1. The first-order valence-electron chi connectivity index (χ1n) is 8.18. The number of carbonyl (C=O) groups is 1. The van der Waals surface area contributed by atoms with Crippen molar-refractivity contribution in [2.75, 3.05) is 27.2 Å². The second kappa shape index (κ2) is 8.05. The van der Waals surface area contributed by atoms with Gasteiger partial charge in [0.15, 0.2) is 5.78 Å². The second-order valence-electron chi connectivity index (χ2n) is 7.10. The van der Waals surface area contributed by atoms with Gasteiger partial charge in [0.1, 0.15) is 24.6 Å². The van der Waals surface area contributed by atoms with E-state index in [1.54, 1.807) is 48.5 Å². The fraction of sp³-hybridized carbons (Fsp3) is 0.190. The van der Waals surface area contributed by atoms with Crippen molar-refractivity contribution in [2.24, 2.45) is 0 Å². The van der Waals surface area contributed by atoms with Crippen LogP contribution in [0.5, 0.6) is 11.5 Å². The number of benzene rings is 2. The molecule has 0 aromatic heterocycles. The van der Waals surface area contributed by atoms with Crippen LogP contribution in [0.25, 0.3) is 12.2 Å². The van der Waals surface area contributed by atoms with Crippen molar-refractivity contribution >= 4 is 41.9 Å². The molecule has 2 aromatic rings. The minimum absolute atomic E-state index is 0. The van der Waals surface area contributed by atoms with Crippen LogP contribution in [0.2, 0.25) is 0 Å². The van der Waals surface area contributed by atoms with Gasteiger partial charge in [0.05, 0.1) is 25.2 Å². The molecular weight excluding hydrogens is 441 g/mol. The predicted octanol–water partition coefficient (Wildman–Crippen LogP) is 3.84. The SMILES string of the molecule is C[N+]1(C)C/C(=C/c2ccc(O)cc2)C(=O)/C(=C/c2ccc(O)cc2)C1.I. The van der Waals surface area contributed by atoms with Gasteiger partial charge in [0.2, 0.25) is 0 Å². The first kappa shape index (κ1) is 20.2. The minimum atomic E-state index is 0. The van der Waals surface area contributed by atoms with Crippen molar-refractivity contribution in [2.45, 2.75) is 0 Å². The molecule has 0 radical (unpaired) electrons. The average Bonchev–Trinajstić information content (AvgIpc) is 2.55. The number of phenolic OH excluding ortho intramolecular Hbond substituents is 2. The molecule has 3 rings (SSSR count). The average molecular weight is 464 g/mol. The largest absolute Gasteiger partial charge is 0.508 e. The van der Waals surface area contributed by atoms with Gasteiger partial charge in [-0.05, 0) is 47.5 Å². The number of carbonyl (C=O) groups excluding carboxylic acids is 1. The number of nitrogens with zero attached hydrogens (tertiary/aromatic N) is 1. The Morgan fingerprint density at radius 3 is 1.46 bits per heavy atom. The lowest BCUT2D eigenvalue weighted by Gasteiger charge is -2.35. The zero-order valence-corrected chi connectivity index (χ0v) is 17.2. The Morgan fingerprint density at radius 2 is 1.12 bits per heavy atom. The number of likely N-dealkylation sites (tertiary alicyclic amines) is 1. The van der Waals surface area contributed by atoms with Crippen molar-refractivity contribution in [3.05, 3.63) is 70.8 Å². The molecule has 0 bridgehead atoms. The highest BCUT2D eigenvalue weighted by molar-refractivity contribution is 14.0. The number of likely N-dealkylation sites (N-methyl/N-ethyl adjacent to an activating group) is 1. The fourth-order valence-electron chi connectivity index (χ4n) is 3.09. The lowest BCUT2D eigenvalue weighted by Crippen LogP contribution is -2.48. The summed E-state index contributed by atoms with van der Waals surface area (Å²) in [6.07, 6.45) is 3.79. The van der Waals surface area contributed by atoms with E-state index in [-0.39, 0.29) is 41.3 Å². The maximum absolute atomic E-state index is 12.9. The number of ketones is 1. The van der Waals surface area contributed by atoms with Crippen LogP contribution in [0, 0.1) is 0 Å². The van der Waals surface area contributed by atoms with E-state index < -0.39 is 0 Å². The van der Waals surface area contributed by atoms with Gasteiger partial charge in [0.25, 0.3) is 0 Å². The Hall–Kier alpha value is -2.12. The van der Waals surface area contributed by atoms with Crippen LogP contribution in [0.1, 0.15) is 11.1 Å². The molecule has 1 heterocycles. The molecule has 1 fully saturated rings. The zero-order valence-electron chi connectivity index (χ0n) is 14.8. The molecule has 0 unspecified atom stereocenters. The number of piperidine rings is 1. The Labute approximate surface area is 170 Å². The Morgan fingerprint density at radius 1 is 0.769 bits per heavy atom. The first-order valence-corrected chi connectivity index (χ1v) is 8.18. The number of rotatable bonds is 2. The van der Waals surface area contributed by atoms with Crippen LogP contribution in [-0.2, 0) is 4.79 Å². The van der Waals surface area contributed by atoms with Crippen molar-refractivity contribution in [1.82, 2.24) is 0 Å². The summed E-state index contributed by atoms with van der Waals surface area (Å²) in [5, 5.41) is 18.8. The Balaban J connectivity index is 0.00000243. The zero-order chi connectivity index (χ0) is 18.0. The monoisotopic (exact) mass is 464 g/mol. The topological polar surface area (TPSA) is 57.5 Å². The Kier molecular flexibility index (Phi) is 6.26. The number of aromatic hydroxyl groups is 2. The van der Waals surface area contributed by atoms with E-state index in [9.17, 15) is 15.0 Å². The van der Waals surface area contributed by atoms with E-state index in [1.807, 2.05) is 12.2 Å². The lowest BCUT2D eigenvalue weighted by molar-refractivity contribution is -0.881. The van der Waals surface area contributed by atoms with Gasteiger partial charge < -0.3 is 14.7 Å². The summed E-state index contributed by atoms with van der Waals surface area (Å²) >= 11 is 0. The molecule has 0 aliphatic carbocycles. The van der Waals surface area contributed by atoms with E-state index in [1.165, 1.54) is 0 Å². The molecule has 1 aliphatic rings. The molecular formula is C21H23INO3+. The van der Waals surface area contributed by atoms with Crippen LogP contribution in [0.3, 0.4) is 0 Å². The van der Waals surface area contributed by atoms with Crippen molar-refractivity contribution in [3.8, 4) is 11.5 Å². The van der Waals surface area contributed by atoms with E-state index in [4.69, 9.17) is 0 Å². The smallest absolute Gasteiger partial charge is 0.196 e. The summed E-state index contributed by atoms with van der Waals surface area (Å²) in [6.45, 7) is 1.32. The molecule has 0 spiro atoms. The number of Topliss-reactive ketones (excluding diaryl/α,β-unsaturated/α-hetero) is 1. The maximum Gasteiger partial charge on any atom is 0.196 e. The summed E-state index contributed by atoms with van der Waals surface area (Å²) in [4.78, 5) is 12.9. The number of phenols is 2. The van der Waals surface area contributed by atoms with Gasteiger partial charge >= 0.3 is 0 Å². The number of halogens is 1. The third-order valence-electron chi connectivity index (χ3n) is 4.25. The first-order chi connectivity index (χ1) is 11.8. The normalized spacial score (nSPS) is 19.4. The third kappa shape index (κ3) is 4.95. The predicted molar refractivity (Wildman–Crippen MR) is 114 cm³/mol. The summed E-state index contributed by atoms with van der Waals surface area (Å²) in [5.74, 6) is 0.473. The standard InChI is InChI=1S/C21H21NO3.HI/c1-22(2)13-17(11-15-3-7-19(23)8-4-15)21(25)18(14-22)12-16-5-9-20(24)10-6-16;/h3-12H,13-14H2,1-2H3,(H-,23,24,25);1H/p+1. The van der Waals surface area contributed by atoms with Crippen molar-refractivity contribution < 1.29 is 19.5 Å². The Bertz CT molecular complexity index is 780. The molecule has 0 atom stereocenters. The van der Waals surface area contributed by atoms with Gasteiger partial charge in [-0.25, -0.2) is 0 Å². The van der Waals surface area contributed by atoms with Crippen LogP contribution < -0.4 is 0 Å². The van der Waals surface area contributed by atoms with Gasteiger partial charge in [-0.3, -0.25) is 4.79 Å². The molecule has 0 saturated carbocycles. The maximum atomic E-state index is 12.9. The van der Waals surface area contributed by atoms with Crippen molar-refractivity contribution in [3.63, 3.8) is 0 Å². The minimum Gasteiger partial charge on any atom is -0.508 e. The van der Waals surface area contributed by atoms with Gasteiger partial charge in [-0.2, -0.15) is 0 Å². The highest BCUT2D eigenvalue weighted by Gasteiger charge is 2.33. The molecule has 2 N–H and O–H groups in total. The highest BCUT2D eigenvalue weighted by atomic mass is 127. The summed E-state index contributed by atoms with van der Waals surface area (Å²) in [7, 11) is 4.20. The molecule has 4 nitrogen and oxygen atoms in total. The van der Waals surface area contributed by atoms with Crippen LogP contribution in [0.15, 0.2) is 59.7 Å². The third-order valence-corrected chi connectivity index (χ3v) is 4.25. The number of hydrogen-bond donors (Lipinski definition) is 2. The molecule has 0 amide bonds. The summed E-state index contributed by atoms with van der Waals surface area (Å²) < 4.78 is 0.694. The summed E-state index contributed by atoms with van der Waals surface area (Å²) in [6, 6.07) is 13.7. The fourth-order valence-corrected chi connectivity index (χ4v) is 3.09. The van der Waals surface area contributed by atoms with Crippen LogP contribution in [-0.4, -0.2) is 47.7 Å². The van der Waals surface area contributed by atoms with E-state index in [0.29, 0.717) is 17.6 Å². The molecule has 1 aliphatic heterocycles. The highest BCUT2D eigenvalue weighted by Crippen LogP contribution is 2.25. The number of hydrogen-bond acceptors (Lipinski definition) is 3. The molecule has 2 aromatic carbocycles. The lowest BCUT2D eigenvalue weighted by atomic mass is 9.93. The van der Waals surface area contributed by atoms with Crippen LogP contribution in [0.4, 0.5) is 0 Å². The van der Waals surface area contributed by atoms with Crippen LogP contribution >= 0.6 is 24.0 Å². The second-order valence-corrected chi connectivity index (χ2v) is 7.10. The molecule has 5 heteroatoms. The van der Waals surface area contributed by atoms with E-state index in [2.05, 4.69) is 14.1 Å². The molecule has 26 heavy (non-hydrogen) atoms. The van der Waals surface area contributed by atoms with E-state index in [0.717, 1.165) is 22.3 Å². The van der Waals surface area contributed by atoms with Crippen molar-refractivity contribution in [1.29, 1.82) is 0 Å². The quantitative estimate of drug-likeness (QED) is 0.404.